The molecular weight excluding hydrogens is 340 g/mol. The number of benzene rings is 2. The van der Waals surface area contributed by atoms with E-state index in [1.807, 2.05) is 0 Å². The number of nitrogens with one attached hydrogen (secondary N) is 1. The van der Waals surface area contributed by atoms with Crippen molar-refractivity contribution in [1.29, 1.82) is 0 Å². The maximum absolute atomic E-state index is 12.1. The lowest BCUT2D eigenvalue weighted by molar-refractivity contribution is -0.384. The molecule has 1 N–H and O–H groups in total. The molecule has 0 aromatic heterocycles. The zero-order valence-corrected chi connectivity index (χ0v) is 12.6. The smallest absolute Gasteiger partial charge is 0.269 e. The van der Waals surface area contributed by atoms with E-state index in [0.29, 0.717) is 21.5 Å². The van der Waals surface area contributed by atoms with Gasteiger partial charge < -0.3 is 10.1 Å². The van der Waals surface area contributed by atoms with E-state index < -0.39 is 4.92 Å². The van der Waals surface area contributed by atoms with Crippen molar-refractivity contribution in [3.63, 3.8) is 0 Å². The van der Waals surface area contributed by atoms with Crippen molar-refractivity contribution < 1.29 is 14.5 Å². The molecule has 2 aromatic carbocycles. The molecular formula is C14H11BrN2O4. The highest BCUT2D eigenvalue weighted by atomic mass is 79.9. The maximum Gasteiger partial charge on any atom is 0.269 e. The molecule has 0 aliphatic carbocycles. The van der Waals surface area contributed by atoms with Crippen LogP contribution in [-0.2, 0) is 0 Å². The van der Waals surface area contributed by atoms with E-state index in [1.165, 1.54) is 31.4 Å². The summed E-state index contributed by atoms with van der Waals surface area (Å²) < 4.78 is 5.80. The number of ether oxygens (including phenoxy) is 1. The van der Waals surface area contributed by atoms with Crippen molar-refractivity contribution in [2.75, 3.05) is 12.4 Å². The summed E-state index contributed by atoms with van der Waals surface area (Å²) in [4.78, 5) is 22.2. The number of non-ortho nitro benzene ring substituents is 1. The molecule has 108 valence electrons. The molecule has 21 heavy (non-hydrogen) atoms. The van der Waals surface area contributed by atoms with Crippen LogP contribution in [0, 0.1) is 10.1 Å². The minimum atomic E-state index is -0.514. The predicted molar refractivity (Wildman–Crippen MR) is 81.7 cm³/mol. The van der Waals surface area contributed by atoms with Crippen LogP contribution >= 0.6 is 15.9 Å². The van der Waals surface area contributed by atoms with Crippen molar-refractivity contribution in [2.24, 2.45) is 0 Å². The van der Waals surface area contributed by atoms with Crippen LogP contribution in [-0.4, -0.2) is 17.9 Å². The number of carbonyl (C=O) groups is 1. The summed E-state index contributed by atoms with van der Waals surface area (Å²) in [5.41, 5.74) is 0.821. The van der Waals surface area contributed by atoms with Crippen LogP contribution in [0.25, 0.3) is 0 Å². The molecule has 2 aromatic rings. The first-order valence-electron chi connectivity index (χ1n) is 5.90. The first-order valence-corrected chi connectivity index (χ1v) is 6.70. The lowest BCUT2D eigenvalue weighted by Gasteiger charge is -2.09. The average Bonchev–Trinajstić information content (AvgIpc) is 2.49. The maximum atomic E-state index is 12.1. The second kappa shape index (κ2) is 6.36. The highest BCUT2D eigenvalue weighted by Crippen LogP contribution is 2.27. The van der Waals surface area contributed by atoms with Crippen LogP contribution in [0.3, 0.4) is 0 Å². The van der Waals surface area contributed by atoms with Gasteiger partial charge in [0.25, 0.3) is 11.6 Å². The molecule has 0 saturated carbocycles. The molecule has 6 nitrogen and oxygen atoms in total. The number of nitrogens with zero attached hydrogens (tertiary/aromatic N) is 1. The fraction of sp³-hybridized carbons (Fsp3) is 0.0714. The van der Waals surface area contributed by atoms with Gasteiger partial charge in [-0.1, -0.05) is 0 Å². The Labute approximate surface area is 129 Å². The standard InChI is InChI=1S/C14H11BrN2O4/c1-21-11-6-7-12(15)13(8-11)16-14(18)9-2-4-10(5-3-9)17(19)20/h2-8H,1H3,(H,16,18). The van der Waals surface area contributed by atoms with Gasteiger partial charge in [-0.05, 0) is 40.2 Å². The van der Waals surface area contributed by atoms with Crippen molar-refractivity contribution >= 4 is 33.2 Å². The number of amides is 1. The average molecular weight is 351 g/mol. The van der Waals surface area contributed by atoms with Gasteiger partial charge in [0, 0.05) is 28.2 Å². The van der Waals surface area contributed by atoms with Gasteiger partial charge in [-0.15, -0.1) is 0 Å². The van der Waals surface area contributed by atoms with Crippen molar-refractivity contribution in [3.05, 3.63) is 62.6 Å². The molecule has 0 spiro atoms. The molecule has 0 fully saturated rings. The molecule has 0 aliphatic rings. The van der Waals surface area contributed by atoms with Crippen LogP contribution in [0.5, 0.6) is 5.75 Å². The Morgan fingerprint density at radius 3 is 2.48 bits per heavy atom. The molecule has 0 atom stereocenters. The number of carbonyl (C=O) groups excluding carboxylic acids is 1. The van der Waals surface area contributed by atoms with E-state index in [-0.39, 0.29) is 11.6 Å². The predicted octanol–water partition coefficient (Wildman–Crippen LogP) is 3.62. The summed E-state index contributed by atoms with van der Waals surface area (Å²) in [7, 11) is 1.53. The third kappa shape index (κ3) is 3.57. The van der Waals surface area contributed by atoms with Crippen LogP contribution in [0.15, 0.2) is 46.9 Å². The second-order valence-corrected chi connectivity index (χ2v) is 4.96. The molecule has 0 unspecified atom stereocenters. The zero-order chi connectivity index (χ0) is 15.4. The Morgan fingerprint density at radius 2 is 1.90 bits per heavy atom. The molecule has 1 amide bonds. The number of halogens is 1. The van der Waals surface area contributed by atoms with E-state index in [4.69, 9.17) is 4.74 Å². The Kier molecular flexibility index (Phi) is 4.54. The van der Waals surface area contributed by atoms with Gasteiger partial charge >= 0.3 is 0 Å². The zero-order valence-electron chi connectivity index (χ0n) is 11.0. The van der Waals surface area contributed by atoms with Gasteiger partial charge in [0.2, 0.25) is 0 Å². The van der Waals surface area contributed by atoms with E-state index >= 15 is 0 Å². The largest absolute Gasteiger partial charge is 0.497 e. The van der Waals surface area contributed by atoms with Gasteiger partial charge in [-0.2, -0.15) is 0 Å². The van der Waals surface area contributed by atoms with E-state index in [2.05, 4.69) is 21.2 Å². The van der Waals surface area contributed by atoms with Gasteiger partial charge in [0.05, 0.1) is 17.7 Å². The van der Waals surface area contributed by atoms with Gasteiger partial charge in [0.1, 0.15) is 5.75 Å². The fourth-order valence-corrected chi connectivity index (χ4v) is 2.00. The Bertz CT molecular complexity index is 686. The highest BCUT2D eigenvalue weighted by molar-refractivity contribution is 9.10. The van der Waals surface area contributed by atoms with Crippen molar-refractivity contribution in [2.45, 2.75) is 0 Å². The van der Waals surface area contributed by atoms with Crippen molar-refractivity contribution in [1.82, 2.24) is 0 Å². The van der Waals surface area contributed by atoms with Crippen LogP contribution < -0.4 is 10.1 Å². The summed E-state index contributed by atoms with van der Waals surface area (Å²) in [6.45, 7) is 0. The number of nitro groups is 1. The molecule has 0 saturated heterocycles. The summed E-state index contributed by atoms with van der Waals surface area (Å²) in [6, 6.07) is 10.6. The Morgan fingerprint density at radius 1 is 1.24 bits per heavy atom. The normalized spacial score (nSPS) is 10.0. The van der Waals surface area contributed by atoms with Crippen LogP contribution in [0.4, 0.5) is 11.4 Å². The number of hydrogen-bond acceptors (Lipinski definition) is 4. The topological polar surface area (TPSA) is 81.5 Å². The number of nitro benzene ring substituents is 1. The molecule has 7 heteroatoms. The summed E-state index contributed by atoms with van der Waals surface area (Å²) in [5, 5.41) is 13.3. The lowest BCUT2D eigenvalue weighted by Crippen LogP contribution is -2.12. The Hall–Kier alpha value is -2.41. The van der Waals surface area contributed by atoms with Gasteiger partial charge in [0.15, 0.2) is 0 Å². The SMILES string of the molecule is COc1ccc(Br)c(NC(=O)c2ccc([N+](=O)[O-])cc2)c1. The fourth-order valence-electron chi connectivity index (χ4n) is 1.66. The summed E-state index contributed by atoms with van der Waals surface area (Å²) in [6.07, 6.45) is 0. The number of methoxy groups -OCH3 is 1. The molecule has 0 bridgehead atoms. The summed E-state index contributed by atoms with van der Waals surface area (Å²) in [5.74, 6) is 0.246. The van der Waals surface area contributed by atoms with Crippen LogP contribution in [0.1, 0.15) is 10.4 Å². The lowest BCUT2D eigenvalue weighted by atomic mass is 10.2. The Balaban J connectivity index is 2.19. The first kappa shape index (κ1) is 15.0. The molecule has 0 aliphatic heterocycles. The van der Waals surface area contributed by atoms with Gasteiger partial charge in [-0.25, -0.2) is 0 Å². The van der Waals surface area contributed by atoms with Gasteiger partial charge in [-0.3, -0.25) is 14.9 Å². The number of anilines is 1. The second-order valence-electron chi connectivity index (χ2n) is 4.10. The minimum Gasteiger partial charge on any atom is -0.497 e. The first-order chi connectivity index (χ1) is 10.0. The van der Waals surface area contributed by atoms with Crippen LogP contribution in [0.2, 0.25) is 0 Å². The van der Waals surface area contributed by atoms with E-state index in [0.717, 1.165) is 0 Å². The number of hydrogen-bond donors (Lipinski definition) is 1. The minimum absolute atomic E-state index is 0.0610. The third-order valence-corrected chi connectivity index (χ3v) is 3.45. The quantitative estimate of drug-likeness (QED) is 0.674. The molecule has 0 heterocycles. The number of rotatable bonds is 4. The van der Waals surface area contributed by atoms with E-state index in [9.17, 15) is 14.9 Å². The third-order valence-electron chi connectivity index (χ3n) is 2.76. The van der Waals surface area contributed by atoms with Crippen molar-refractivity contribution in [3.8, 4) is 5.75 Å². The molecule has 2 rings (SSSR count). The monoisotopic (exact) mass is 350 g/mol. The molecule has 0 radical (unpaired) electrons. The summed E-state index contributed by atoms with van der Waals surface area (Å²) >= 11 is 3.33. The van der Waals surface area contributed by atoms with E-state index in [1.54, 1.807) is 18.2 Å². The highest BCUT2D eigenvalue weighted by Gasteiger charge is 2.11.